The third-order valence-corrected chi connectivity index (χ3v) is 2.37. The summed E-state index contributed by atoms with van der Waals surface area (Å²) >= 11 is 5.83. The third kappa shape index (κ3) is 3.61. The van der Waals surface area contributed by atoms with Crippen molar-refractivity contribution in [2.45, 2.75) is 6.04 Å². The lowest BCUT2D eigenvalue weighted by Gasteiger charge is -2.13. The monoisotopic (exact) mass is 253 g/mol. The number of nitriles is 1. The molecule has 88 valence electrons. The predicted molar refractivity (Wildman–Crippen MR) is 61.8 cm³/mol. The van der Waals surface area contributed by atoms with Crippen LogP contribution in [0.2, 0.25) is 5.02 Å². The highest BCUT2D eigenvalue weighted by Gasteiger charge is 2.17. The van der Waals surface area contributed by atoms with Gasteiger partial charge in [0.1, 0.15) is 11.9 Å². The predicted octanol–water partition coefficient (Wildman–Crippen LogP) is 2.94. The molecular weight excluding hydrogens is 245 g/mol. The van der Waals surface area contributed by atoms with E-state index in [1.807, 2.05) is 6.07 Å². The fourth-order valence-electron chi connectivity index (χ4n) is 1.30. The molecule has 17 heavy (non-hydrogen) atoms. The van der Waals surface area contributed by atoms with Crippen LogP contribution in [0.25, 0.3) is 10.4 Å². The molecular formula is C10H9ClFN5. The van der Waals surface area contributed by atoms with E-state index in [9.17, 15) is 4.39 Å². The van der Waals surface area contributed by atoms with Crippen molar-refractivity contribution in [2.24, 2.45) is 5.11 Å². The molecule has 0 bridgehead atoms. The Balaban J connectivity index is 2.80. The van der Waals surface area contributed by atoms with Crippen LogP contribution in [0.1, 0.15) is 11.6 Å². The average molecular weight is 254 g/mol. The quantitative estimate of drug-likeness (QED) is 0.379. The Morgan fingerprint density at radius 1 is 1.65 bits per heavy atom. The molecule has 0 aliphatic heterocycles. The summed E-state index contributed by atoms with van der Waals surface area (Å²) in [5.41, 5.74) is 8.19. The number of hydrogen-bond donors (Lipinski definition) is 1. The Morgan fingerprint density at radius 2 is 2.41 bits per heavy atom. The average Bonchev–Trinajstić information content (AvgIpc) is 2.31. The largest absolute Gasteiger partial charge is 0.298 e. The van der Waals surface area contributed by atoms with E-state index in [4.69, 9.17) is 22.4 Å². The minimum atomic E-state index is -0.863. The summed E-state index contributed by atoms with van der Waals surface area (Å²) in [5.74, 6) is -0.541. The molecule has 0 aliphatic carbocycles. The number of azide groups is 1. The topological polar surface area (TPSA) is 84.6 Å². The fraction of sp³-hybridized carbons (Fsp3) is 0.300. The van der Waals surface area contributed by atoms with Gasteiger partial charge in [0.15, 0.2) is 0 Å². The molecule has 5 nitrogen and oxygen atoms in total. The maximum Gasteiger partial charge on any atom is 0.130 e. The molecule has 0 amide bonds. The lowest BCUT2D eigenvalue weighted by molar-refractivity contribution is 0.565. The second-order valence-electron chi connectivity index (χ2n) is 3.11. The van der Waals surface area contributed by atoms with Crippen molar-refractivity contribution in [3.63, 3.8) is 0 Å². The summed E-state index contributed by atoms with van der Waals surface area (Å²) in [5, 5.41) is 15.2. The standard InChI is InChI=1S/C10H9ClFN5/c11-7-2-1-3-8(12)10(7)9(6-13)15-4-5-16-17-14/h1-3,9,15H,4-5H2. The molecule has 0 aliphatic rings. The summed E-state index contributed by atoms with van der Waals surface area (Å²) in [6.45, 7) is 0.452. The first-order valence-corrected chi connectivity index (χ1v) is 5.16. The third-order valence-electron chi connectivity index (χ3n) is 2.04. The molecule has 1 rings (SSSR count). The van der Waals surface area contributed by atoms with Crippen LogP contribution in [-0.4, -0.2) is 13.1 Å². The molecule has 0 radical (unpaired) electrons. The van der Waals surface area contributed by atoms with Gasteiger partial charge in [0, 0.05) is 28.6 Å². The van der Waals surface area contributed by atoms with Crippen LogP contribution >= 0.6 is 11.6 Å². The van der Waals surface area contributed by atoms with Crippen LogP contribution in [0.5, 0.6) is 0 Å². The second-order valence-corrected chi connectivity index (χ2v) is 3.51. The zero-order valence-electron chi connectivity index (χ0n) is 8.77. The van der Waals surface area contributed by atoms with Crippen LogP contribution in [-0.2, 0) is 0 Å². The van der Waals surface area contributed by atoms with Crippen molar-refractivity contribution in [3.05, 3.63) is 45.0 Å². The Bertz CT molecular complexity index is 458. The van der Waals surface area contributed by atoms with Gasteiger partial charge in [-0.2, -0.15) is 5.26 Å². The molecule has 1 aromatic carbocycles. The molecule has 7 heteroatoms. The highest BCUT2D eigenvalue weighted by Crippen LogP contribution is 2.25. The first-order valence-electron chi connectivity index (χ1n) is 4.78. The number of rotatable bonds is 5. The summed E-state index contributed by atoms with van der Waals surface area (Å²) in [6.07, 6.45) is 0. The molecule has 0 saturated carbocycles. The van der Waals surface area contributed by atoms with Gasteiger partial charge in [-0.3, -0.25) is 5.32 Å². The minimum absolute atomic E-state index is 0.109. The lowest BCUT2D eigenvalue weighted by atomic mass is 10.1. The summed E-state index contributed by atoms with van der Waals surface area (Å²) < 4.78 is 13.5. The Labute approximate surface area is 102 Å². The van der Waals surface area contributed by atoms with Crippen molar-refractivity contribution in [1.82, 2.24) is 5.32 Å². The van der Waals surface area contributed by atoms with Gasteiger partial charge in [-0.15, -0.1) is 0 Å². The number of halogens is 2. The number of benzene rings is 1. The SMILES string of the molecule is N#CC(NCCN=[N+]=[N-])c1c(F)cccc1Cl. The normalized spacial score (nSPS) is 11.4. The summed E-state index contributed by atoms with van der Waals surface area (Å²) in [6, 6.07) is 5.26. The first kappa shape index (κ1) is 13.3. The van der Waals surface area contributed by atoms with Crippen LogP contribution in [0.15, 0.2) is 23.3 Å². The van der Waals surface area contributed by atoms with Crippen molar-refractivity contribution in [2.75, 3.05) is 13.1 Å². The molecule has 1 atom stereocenters. The van der Waals surface area contributed by atoms with Gasteiger partial charge in [-0.25, -0.2) is 4.39 Å². The minimum Gasteiger partial charge on any atom is -0.298 e. The van der Waals surface area contributed by atoms with Gasteiger partial charge >= 0.3 is 0 Å². The molecule has 0 saturated heterocycles. The van der Waals surface area contributed by atoms with E-state index in [0.29, 0.717) is 0 Å². The lowest BCUT2D eigenvalue weighted by Crippen LogP contribution is -2.23. The van der Waals surface area contributed by atoms with E-state index in [1.165, 1.54) is 18.2 Å². The highest BCUT2D eigenvalue weighted by molar-refractivity contribution is 6.31. The summed E-state index contributed by atoms with van der Waals surface area (Å²) in [7, 11) is 0. The van der Waals surface area contributed by atoms with Crippen LogP contribution in [0, 0.1) is 17.1 Å². The molecule has 0 heterocycles. The van der Waals surface area contributed by atoms with Crippen molar-refractivity contribution in [3.8, 4) is 6.07 Å². The highest BCUT2D eigenvalue weighted by atomic mass is 35.5. The smallest absolute Gasteiger partial charge is 0.130 e. The van der Waals surface area contributed by atoms with E-state index in [-0.39, 0.29) is 23.7 Å². The molecule has 1 aromatic rings. The molecule has 0 aromatic heterocycles. The first-order chi connectivity index (χ1) is 8.20. The van der Waals surface area contributed by atoms with E-state index in [2.05, 4.69) is 15.3 Å². The molecule has 1 N–H and O–H groups in total. The van der Waals surface area contributed by atoms with Crippen molar-refractivity contribution >= 4 is 11.6 Å². The Kier molecular flexibility index (Phi) is 5.24. The molecule has 0 fully saturated rings. The van der Waals surface area contributed by atoms with Gasteiger partial charge in [0.2, 0.25) is 0 Å². The van der Waals surface area contributed by atoms with Crippen LogP contribution < -0.4 is 5.32 Å². The van der Waals surface area contributed by atoms with E-state index in [1.54, 1.807) is 0 Å². The molecule has 0 spiro atoms. The zero-order chi connectivity index (χ0) is 12.7. The second kappa shape index (κ2) is 6.71. The maximum atomic E-state index is 13.5. The van der Waals surface area contributed by atoms with Gasteiger partial charge in [0.05, 0.1) is 6.07 Å². The Hall–Kier alpha value is -1.80. The van der Waals surface area contributed by atoms with Gasteiger partial charge < -0.3 is 0 Å². The van der Waals surface area contributed by atoms with Gasteiger partial charge in [-0.1, -0.05) is 22.8 Å². The van der Waals surface area contributed by atoms with Crippen LogP contribution in [0.4, 0.5) is 4.39 Å². The fourth-order valence-corrected chi connectivity index (χ4v) is 1.57. The van der Waals surface area contributed by atoms with Crippen molar-refractivity contribution < 1.29 is 4.39 Å². The van der Waals surface area contributed by atoms with E-state index >= 15 is 0 Å². The zero-order valence-corrected chi connectivity index (χ0v) is 9.52. The summed E-state index contributed by atoms with van der Waals surface area (Å²) in [4.78, 5) is 2.57. The van der Waals surface area contributed by atoms with Crippen molar-refractivity contribution in [1.29, 1.82) is 5.26 Å². The van der Waals surface area contributed by atoms with Gasteiger partial charge in [-0.05, 0) is 17.7 Å². The molecule has 1 unspecified atom stereocenters. The number of nitrogens with zero attached hydrogens (tertiary/aromatic N) is 4. The number of nitrogens with one attached hydrogen (secondary N) is 1. The maximum absolute atomic E-state index is 13.5. The Morgan fingerprint density at radius 3 is 3.00 bits per heavy atom. The van der Waals surface area contributed by atoms with Crippen LogP contribution in [0.3, 0.4) is 0 Å². The number of hydrogen-bond acceptors (Lipinski definition) is 3. The van der Waals surface area contributed by atoms with E-state index < -0.39 is 11.9 Å². The van der Waals surface area contributed by atoms with Gasteiger partial charge in [0.25, 0.3) is 0 Å². The van der Waals surface area contributed by atoms with E-state index in [0.717, 1.165) is 0 Å².